The first-order valence-electron chi connectivity index (χ1n) is 11.7. The number of carbonyl (C=O) groups excluding carboxylic acids is 1. The number of nitrogens with zero attached hydrogens (tertiary/aromatic N) is 1. The molecule has 0 aromatic heterocycles. The van der Waals surface area contributed by atoms with Crippen LogP contribution in [0.1, 0.15) is 41.3 Å². The molecule has 2 heterocycles. The second-order valence-electron chi connectivity index (χ2n) is 9.45. The maximum absolute atomic E-state index is 14.8. The lowest BCUT2D eigenvalue weighted by molar-refractivity contribution is 0.0938. The van der Waals surface area contributed by atoms with E-state index in [1.54, 1.807) is 11.0 Å². The van der Waals surface area contributed by atoms with Crippen molar-refractivity contribution in [2.75, 3.05) is 18.0 Å². The summed E-state index contributed by atoms with van der Waals surface area (Å²) >= 11 is 6.44. The summed E-state index contributed by atoms with van der Waals surface area (Å²) in [6, 6.07) is 18.9. The van der Waals surface area contributed by atoms with Gasteiger partial charge in [-0.15, -0.1) is 0 Å². The topological polar surface area (TPSA) is 32.3 Å². The highest BCUT2D eigenvalue weighted by molar-refractivity contribution is 6.30. The van der Waals surface area contributed by atoms with Crippen molar-refractivity contribution in [3.05, 3.63) is 100 Å². The van der Waals surface area contributed by atoms with Crippen molar-refractivity contribution in [1.29, 1.82) is 0 Å². The van der Waals surface area contributed by atoms with E-state index in [9.17, 15) is 13.6 Å². The third-order valence-electron chi connectivity index (χ3n) is 7.43. The monoisotopic (exact) mass is 480 g/mol. The SMILES string of the molecule is CC(Cc1ccccc1)[C@H]1N(C(=O)c2c(F)cccc2F)c2ccc(Cl)cc2C12CCNCC2. The van der Waals surface area contributed by atoms with Crippen LogP contribution in [-0.2, 0) is 11.8 Å². The van der Waals surface area contributed by atoms with Crippen LogP contribution in [-0.4, -0.2) is 25.0 Å². The lowest BCUT2D eigenvalue weighted by Gasteiger charge is -2.44. The van der Waals surface area contributed by atoms with Crippen molar-refractivity contribution in [1.82, 2.24) is 5.32 Å². The Hall–Kier alpha value is -2.76. The van der Waals surface area contributed by atoms with Crippen molar-refractivity contribution in [2.45, 2.75) is 37.6 Å². The fourth-order valence-corrected chi connectivity index (χ4v) is 6.24. The van der Waals surface area contributed by atoms with Crippen molar-refractivity contribution >= 4 is 23.2 Å². The van der Waals surface area contributed by atoms with Gasteiger partial charge < -0.3 is 10.2 Å². The highest BCUT2D eigenvalue weighted by atomic mass is 35.5. The van der Waals surface area contributed by atoms with Crippen LogP contribution < -0.4 is 10.2 Å². The van der Waals surface area contributed by atoms with Crippen molar-refractivity contribution in [3.63, 3.8) is 0 Å². The normalized spacial score (nSPS) is 19.8. The molecule has 0 aliphatic carbocycles. The molecule has 176 valence electrons. The van der Waals surface area contributed by atoms with E-state index < -0.39 is 23.1 Å². The van der Waals surface area contributed by atoms with Crippen LogP contribution in [0.15, 0.2) is 66.7 Å². The van der Waals surface area contributed by atoms with Crippen LogP contribution in [0.25, 0.3) is 0 Å². The number of amides is 1. The minimum Gasteiger partial charge on any atom is -0.317 e. The zero-order valence-corrected chi connectivity index (χ0v) is 19.8. The van der Waals surface area contributed by atoms with Gasteiger partial charge in [-0.05, 0) is 79.7 Å². The van der Waals surface area contributed by atoms with E-state index in [1.807, 2.05) is 30.3 Å². The molecule has 1 saturated heterocycles. The molecule has 2 atom stereocenters. The van der Waals surface area contributed by atoms with Crippen LogP contribution in [0, 0.1) is 17.6 Å². The summed E-state index contributed by atoms with van der Waals surface area (Å²) < 4.78 is 29.6. The van der Waals surface area contributed by atoms with E-state index in [2.05, 4.69) is 24.4 Å². The van der Waals surface area contributed by atoms with Crippen LogP contribution >= 0.6 is 11.6 Å². The zero-order valence-electron chi connectivity index (χ0n) is 19.0. The first-order valence-corrected chi connectivity index (χ1v) is 12.1. The molecule has 2 aliphatic rings. The van der Waals surface area contributed by atoms with Gasteiger partial charge in [0.25, 0.3) is 5.91 Å². The standard InChI is InChI=1S/C28H27ClF2N2O/c1-18(16-19-6-3-2-4-7-19)26-28(12-14-32-15-13-28)21-17-20(29)10-11-24(21)33(26)27(34)25-22(30)8-5-9-23(25)31/h2-11,17-18,26,32H,12-16H2,1H3/t18?,26-/m1/s1. The Morgan fingerprint density at radius 1 is 1.06 bits per heavy atom. The summed E-state index contributed by atoms with van der Waals surface area (Å²) in [6.45, 7) is 3.74. The minimum absolute atomic E-state index is 0.0328. The third-order valence-corrected chi connectivity index (χ3v) is 7.66. The maximum atomic E-state index is 14.8. The largest absolute Gasteiger partial charge is 0.317 e. The Kier molecular flexibility index (Phi) is 6.17. The smallest absolute Gasteiger partial charge is 0.264 e. The summed E-state index contributed by atoms with van der Waals surface area (Å²) in [6.07, 6.45) is 2.37. The maximum Gasteiger partial charge on any atom is 0.264 e. The molecule has 0 saturated carbocycles. The fourth-order valence-electron chi connectivity index (χ4n) is 6.07. The summed E-state index contributed by atoms with van der Waals surface area (Å²) in [5, 5.41) is 4.02. The molecule has 2 aliphatic heterocycles. The van der Waals surface area contributed by atoms with E-state index in [0.29, 0.717) is 10.7 Å². The molecule has 1 N–H and O–H groups in total. The van der Waals surface area contributed by atoms with Crippen LogP contribution in [0.2, 0.25) is 5.02 Å². The zero-order chi connectivity index (χ0) is 23.9. The molecule has 6 heteroatoms. The number of hydrogen-bond donors (Lipinski definition) is 1. The Morgan fingerprint density at radius 2 is 1.74 bits per heavy atom. The van der Waals surface area contributed by atoms with E-state index in [0.717, 1.165) is 55.6 Å². The quantitative estimate of drug-likeness (QED) is 0.486. The predicted molar refractivity (Wildman–Crippen MR) is 131 cm³/mol. The average Bonchev–Trinajstić information content (AvgIpc) is 3.09. The molecule has 3 nitrogen and oxygen atoms in total. The van der Waals surface area contributed by atoms with Gasteiger partial charge >= 0.3 is 0 Å². The van der Waals surface area contributed by atoms with Gasteiger partial charge in [-0.25, -0.2) is 8.78 Å². The number of fused-ring (bicyclic) bond motifs is 2. The van der Waals surface area contributed by atoms with Gasteiger partial charge in [-0.3, -0.25) is 4.79 Å². The Balaban J connectivity index is 1.67. The number of piperidine rings is 1. The molecule has 1 fully saturated rings. The summed E-state index contributed by atoms with van der Waals surface area (Å²) in [5.74, 6) is -2.30. The van der Waals surface area contributed by atoms with E-state index in [1.165, 1.54) is 6.07 Å². The molecule has 0 bridgehead atoms. The number of halogens is 3. The lowest BCUT2D eigenvalue weighted by atomic mass is 9.66. The molecule has 1 spiro atoms. The van der Waals surface area contributed by atoms with Gasteiger partial charge in [0.1, 0.15) is 17.2 Å². The fraction of sp³-hybridized carbons (Fsp3) is 0.321. The Morgan fingerprint density at radius 3 is 2.41 bits per heavy atom. The molecule has 3 aromatic carbocycles. The number of carbonyl (C=O) groups is 1. The first-order chi connectivity index (χ1) is 16.4. The first kappa shape index (κ1) is 23.0. The van der Waals surface area contributed by atoms with Gasteiger partial charge in [0.15, 0.2) is 0 Å². The van der Waals surface area contributed by atoms with Gasteiger partial charge in [-0.1, -0.05) is 54.9 Å². The minimum atomic E-state index is -0.846. The number of rotatable bonds is 4. The average molecular weight is 481 g/mol. The number of hydrogen-bond acceptors (Lipinski definition) is 2. The molecule has 3 aromatic rings. The molecule has 0 radical (unpaired) electrons. The second-order valence-corrected chi connectivity index (χ2v) is 9.89. The van der Waals surface area contributed by atoms with Gasteiger partial charge in [0, 0.05) is 22.2 Å². The van der Waals surface area contributed by atoms with Crippen LogP contribution in [0.5, 0.6) is 0 Å². The number of benzene rings is 3. The Bertz CT molecular complexity index is 1190. The number of nitrogens with one attached hydrogen (secondary N) is 1. The van der Waals surface area contributed by atoms with Crippen molar-refractivity contribution in [3.8, 4) is 0 Å². The van der Waals surface area contributed by atoms with Crippen molar-refractivity contribution in [2.24, 2.45) is 5.92 Å². The van der Waals surface area contributed by atoms with Crippen LogP contribution in [0.4, 0.5) is 14.5 Å². The molecular formula is C28H27ClF2N2O. The summed E-state index contributed by atoms with van der Waals surface area (Å²) in [4.78, 5) is 15.6. The van der Waals surface area contributed by atoms with E-state index in [-0.39, 0.29) is 17.4 Å². The third kappa shape index (κ3) is 3.81. The lowest BCUT2D eigenvalue weighted by Crippen LogP contribution is -2.55. The molecule has 1 amide bonds. The van der Waals surface area contributed by atoms with Crippen molar-refractivity contribution < 1.29 is 13.6 Å². The molecular weight excluding hydrogens is 454 g/mol. The highest BCUT2D eigenvalue weighted by Gasteiger charge is 2.55. The second kappa shape index (κ2) is 9.12. The van der Waals surface area contributed by atoms with Gasteiger partial charge in [-0.2, -0.15) is 0 Å². The number of anilines is 1. The molecule has 34 heavy (non-hydrogen) atoms. The summed E-state index contributed by atoms with van der Waals surface area (Å²) in [5.41, 5.74) is 2.00. The highest BCUT2D eigenvalue weighted by Crippen LogP contribution is 2.54. The van der Waals surface area contributed by atoms with Gasteiger partial charge in [0.05, 0.1) is 0 Å². The summed E-state index contributed by atoms with van der Waals surface area (Å²) in [7, 11) is 0. The molecule has 5 rings (SSSR count). The van der Waals surface area contributed by atoms with Crippen LogP contribution in [0.3, 0.4) is 0 Å². The van der Waals surface area contributed by atoms with E-state index >= 15 is 0 Å². The predicted octanol–water partition coefficient (Wildman–Crippen LogP) is 6.15. The molecule has 1 unspecified atom stereocenters. The Labute approximate surface area is 203 Å². The van der Waals surface area contributed by atoms with Gasteiger partial charge in [0.2, 0.25) is 0 Å². The van der Waals surface area contributed by atoms with E-state index in [4.69, 9.17) is 11.6 Å².